The highest BCUT2D eigenvalue weighted by atomic mass is 32.1. The third kappa shape index (κ3) is 4.21. The number of fused-ring (bicyclic) bond motifs is 1. The second-order valence-electron chi connectivity index (χ2n) is 8.61. The predicted molar refractivity (Wildman–Crippen MR) is 130 cm³/mol. The van der Waals surface area contributed by atoms with Crippen LogP contribution in [0.25, 0.3) is 10.8 Å². The van der Waals surface area contributed by atoms with Crippen molar-refractivity contribution in [2.45, 2.75) is 32.2 Å². The highest BCUT2D eigenvalue weighted by Crippen LogP contribution is 2.30. The van der Waals surface area contributed by atoms with Crippen molar-refractivity contribution in [2.75, 3.05) is 19.6 Å². The second-order valence-corrected chi connectivity index (χ2v) is 9.61. The third-order valence-corrected chi connectivity index (χ3v) is 7.49. The molecule has 3 aromatic rings. The predicted octanol–water partition coefficient (Wildman–Crippen LogP) is 3.37. The van der Waals surface area contributed by atoms with E-state index < -0.39 is 0 Å². The fourth-order valence-corrected chi connectivity index (χ4v) is 5.59. The van der Waals surface area contributed by atoms with Crippen LogP contribution in [0.3, 0.4) is 0 Å². The lowest BCUT2D eigenvalue weighted by Gasteiger charge is -2.27. The van der Waals surface area contributed by atoms with E-state index in [0.717, 1.165) is 18.4 Å². The Morgan fingerprint density at radius 2 is 1.71 bits per heavy atom. The van der Waals surface area contributed by atoms with Crippen LogP contribution in [-0.4, -0.2) is 53.1 Å². The molecule has 4 amide bonds. The zero-order chi connectivity index (χ0) is 23.7. The van der Waals surface area contributed by atoms with Crippen molar-refractivity contribution in [3.8, 4) is 0 Å². The average molecular weight is 476 g/mol. The smallest absolute Gasteiger partial charge is 0.261 e. The molecule has 0 aliphatic carbocycles. The lowest BCUT2D eigenvalue weighted by molar-refractivity contribution is -0.132. The first-order valence-electron chi connectivity index (χ1n) is 11.5. The molecular weight excluding hydrogens is 450 g/mol. The minimum absolute atomic E-state index is 0.0366. The third-order valence-electron chi connectivity index (χ3n) is 6.46. The molecule has 5 rings (SSSR count). The van der Waals surface area contributed by atoms with Crippen LogP contribution in [-0.2, 0) is 22.6 Å². The molecule has 3 heterocycles. The molecule has 34 heavy (non-hydrogen) atoms. The second kappa shape index (κ2) is 9.38. The van der Waals surface area contributed by atoms with Gasteiger partial charge in [0, 0.05) is 60.4 Å². The van der Waals surface area contributed by atoms with Crippen LogP contribution in [0.15, 0.2) is 47.8 Å². The van der Waals surface area contributed by atoms with Gasteiger partial charge in [0.15, 0.2) is 0 Å². The summed E-state index contributed by atoms with van der Waals surface area (Å²) in [7, 11) is 0. The first kappa shape index (κ1) is 22.3. The monoisotopic (exact) mass is 475 g/mol. The fraction of sp³-hybridized carbons (Fsp3) is 0.308. The number of imide groups is 1. The zero-order valence-corrected chi connectivity index (χ0v) is 19.5. The maximum Gasteiger partial charge on any atom is 0.261 e. The molecule has 0 spiro atoms. The Balaban J connectivity index is 1.08. The number of nitrogens with one attached hydrogen (secondary N) is 1. The largest absolute Gasteiger partial charge is 0.356 e. The van der Waals surface area contributed by atoms with Gasteiger partial charge in [-0.2, -0.15) is 0 Å². The fourth-order valence-electron chi connectivity index (χ4n) is 4.70. The molecule has 0 saturated carbocycles. The first-order valence-corrected chi connectivity index (χ1v) is 12.4. The summed E-state index contributed by atoms with van der Waals surface area (Å²) in [6.07, 6.45) is 1.69. The first-order chi connectivity index (χ1) is 16.5. The number of nitrogens with zero attached hydrogens (tertiary/aromatic N) is 2. The normalized spacial score (nSPS) is 14.9. The molecule has 0 radical (unpaired) electrons. The molecule has 2 aliphatic heterocycles. The zero-order valence-electron chi connectivity index (χ0n) is 18.7. The molecule has 0 unspecified atom stereocenters. The van der Waals surface area contributed by atoms with Crippen molar-refractivity contribution in [1.82, 2.24) is 15.1 Å². The number of thiophene rings is 1. The molecule has 2 aliphatic rings. The van der Waals surface area contributed by atoms with E-state index >= 15 is 0 Å². The highest BCUT2D eigenvalue weighted by Gasteiger charge is 2.32. The van der Waals surface area contributed by atoms with Crippen LogP contribution in [0.2, 0.25) is 0 Å². The SMILES string of the molecule is O=C(CCCN1C(=O)c2cccc3cccc(c23)C1=O)NCCC(=O)N1CCc2sccc2C1. The van der Waals surface area contributed by atoms with Gasteiger partial charge in [0.25, 0.3) is 11.8 Å². The van der Waals surface area contributed by atoms with Crippen molar-refractivity contribution >= 4 is 45.7 Å². The summed E-state index contributed by atoms with van der Waals surface area (Å²) in [6.45, 7) is 1.81. The lowest BCUT2D eigenvalue weighted by atomic mass is 9.94. The summed E-state index contributed by atoms with van der Waals surface area (Å²) in [5, 5.41) is 6.41. The maximum atomic E-state index is 12.9. The van der Waals surface area contributed by atoms with Gasteiger partial charge in [-0.1, -0.05) is 24.3 Å². The number of hydrogen-bond donors (Lipinski definition) is 1. The average Bonchev–Trinajstić information content (AvgIpc) is 3.32. The van der Waals surface area contributed by atoms with E-state index in [0.29, 0.717) is 29.5 Å². The van der Waals surface area contributed by atoms with Crippen LogP contribution >= 0.6 is 11.3 Å². The summed E-state index contributed by atoms with van der Waals surface area (Å²) in [6, 6.07) is 12.9. The van der Waals surface area contributed by atoms with Gasteiger partial charge >= 0.3 is 0 Å². The van der Waals surface area contributed by atoms with Gasteiger partial charge in [0.1, 0.15) is 0 Å². The van der Waals surface area contributed by atoms with Crippen molar-refractivity contribution in [1.29, 1.82) is 0 Å². The Hall–Kier alpha value is -3.52. The number of carbonyl (C=O) groups is 4. The topological polar surface area (TPSA) is 86.8 Å². The van der Waals surface area contributed by atoms with E-state index in [2.05, 4.69) is 16.8 Å². The van der Waals surface area contributed by atoms with Gasteiger partial charge in [-0.3, -0.25) is 24.1 Å². The van der Waals surface area contributed by atoms with E-state index in [-0.39, 0.29) is 49.6 Å². The number of rotatable bonds is 7. The molecule has 0 fully saturated rings. The van der Waals surface area contributed by atoms with Crippen LogP contribution in [0, 0.1) is 0 Å². The van der Waals surface area contributed by atoms with Gasteiger partial charge in [-0.15, -0.1) is 11.3 Å². The molecule has 0 saturated heterocycles. The van der Waals surface area contributed by atoms with E-state index in [4.69, 9.17) is 0 Å². The van der Waals surface area contributed by atoms with E-state index in [1.165, 1.54) is 15.3 Å². The summed E-state index contributed by atoms with van der Waals surface area (Å²) < 4.78 is 0. The minimum Gasteiger partial charge on any atom is -0.356 e. The Morgan fingerprint density at radius 1 is 0.971 bits per heavy atom. The maximum absolute atomic E-state index is 12.9. The van der Waals surface area contributed by atoms with Crippen molar-refractivity contribution < 1.29 is 19.2 Å². The summed E-state index contributed by atoms with van der Waals surface area (Å²) in [4.78, 5) is 55.0. The van der Waals surface area contributed by atoms with E-state index in [1.807, 2.05) is 29.2 Å². The molecule has 174 valence electrons. The van der Waals surface area contributed by atoms with Crippen molar-refractivity contribution in [3.63, 3.8) is 0 Å². The Morgan fingerprint density at radius 3 is 2.44 bits per heavy atom. The Bertz CT molecular complexity index is 1250. The summed E-state index contributed by atoms with van der Waals surface area (Å²) >= 11 is 1.73. The molecular formula is C26H25N3O4S. The molecule has 2 aromatic carbocycles. The van der Waals surface area contributed by atoms with Gasteiger partial charge < -0.3 is 10.2 Å². The van der Waals surface area contributed by atoms with E-state index in [1.54, 1.807) is 23.5 Å². The Labute approximate surface area is 201 Å². The standard InChI is InChI=1S/C26H25N3O4S/c30-22(27-12-9-23(31)28-14-10-21-18(16-28)11-15-34-21)8-3-13-29-25(32)19-6-1-4-17-5-2-7-20(24(17)19)26(29)33/h1-2,4-7,11,15H,3,8-10,12-14,16H2,(H,27,30). The van der Waals surface area contributed by atoms with Crippen LogP contribution < -0.4 is 5.32 Å². The molecule has 0 bridgehead atoms. The molecule has 8 heteroatoms. The lowest BCUT2D eigenvalue weighted by Crippen LogP contribution is -2.41. The van der Waals surface area contributed by atoms with Crippen LogP contribution in [0.5, 0.6) is 0 Å². The quantitative estimate of drug-likeness (QED) is 0.531. The van der Waals surface area contributed by atoms with Crippen molar-refractivity contribution in [3.05, 3.63) is 69.4 Å². The molecule has 0 atom stereocenters. The Kier molecular flexibility index (Phi) is 6.15. The van der Waals surface area contributed by atoms with Gasteiger partial charge in [-0.05, 0) is 47.4 Å². The summed E-state index contributed by atoms with van der Waals surface area (Å²) in [5.41, 5.74) is 2.25. The molecule has 1 N–H and O–H groups in total. The van der Waals surface area contributed by atoms with Gasteiger partial charge in [0.05, 0.1) is 0 Å². The summed E-state index contributed by atoms with van der Waals surface area (Å²) in [5.74, 6) is -0.799. The van der Waals surface area contributed by atoms with Gasteiger partial charge in [0.2, 0.25) is 11.8 Å². The van der Waals surface area contributed by atoms with Crippen LogP contribution in [0.1, 0.15) is 50.4 Å². The highest BCUT2D eigenvalue weighted by molar-refractivity contribution is 7.10. The number of benzene rings is 2. The molecule has 7 nitrogen and oxygen atoms in total. The van der Waals surface area contributed by atoms with Gasteiger partial charge in [-0.25, -0.2) is 0 Å². The molecule has 1 aromatic heterocycles. The minimum atomic E-state index is -0.324. The number of carbonyl (C=O) groups excluding carboxylic acids is 4. The number of hydrogen-bond acceptors (Lipinski definition) is 5. The van der Waals surface area contributed by atoms with Crippen molar-refractivity contribution in [2.24, 2.45) is 0 Å². The van der Waals surface area contributed by atoms with E-state index in [9.17, 15) is 19.2 Å². The van der Waals surface area contributed by atoms with Crippen LogP contribution in [0.4, 0.5) is 0 Å². The number of amides is 4.